The summed E-state index contributed by atoms with van der Waals surface area (Å²) in [6, 6.07) is 37.9. The Kier molecular flexibility index (Phi) is 7.46. The van der Waals surface area contributed by atoms with E-state index < -0.39 is 10.1 Å². The molecule has 4 rings (SSSR count). The number of aryl methyl sites for hydroxylation is 1. The molecule has 0 saturated carbocycles. The van der Waals surface area contributed by atoms with Gasteiger partial charge in [0.2, 0.25) is 0 Å². The minimum atomic E-state index is -4.27. The molecule has 4 aromatic carbocycles. The van der Waals surface area contributed by atoms with E-state index in [1.165, 1.54) is 26.8 Å². The first kappa shape index (κ1) is 21.8. The summed E-state index contributed by atoms with van der Waals surface area (Å²) in [4.78, 5) is 3.91. The molecule has 0 spiro atoms. The summed E-state index contributed by atoms with van der Waals surface area (Å²) in [6.07, 6.45) is 0. The third-order valence-corrected chi connectivity index (χ3v) is 7.33. The normalized spacial score (nSPS) is 10.9. The lowest BCUT2D eigenvalue weighted by Gasteiger charge is -2.07. The van der Waals surface area contributed by atoms with E-state index in [2.05, 4.69) is 91.0 Å². The molecule has 30 heavy (non-hydrogen) atoms. The van der Waals surface area contributed by atoms with Gasteiger partial charge in [-0.05, 0) is 55.5 Å². The number of benzene rings is 4. The van der Waals surface area contributed by atoms with Gasteiger partial charge >= 0.3 is 0 Å². The Bertz CT molecular complexity index is 1050. The van der Waals surface area contributed by atoms with Crippen molar-refractivity contribution >= 4 is 21.0 Å². The first-order chi connectivity index (χ1) is 14.4. The van der Waals surface area contributed by atoms with Gasteiger partial charge in [0, 0.05) is 0 Å². The van der Waals surface area contributed by atoms with Gasteiger partial charge in [0.1, 0.15) is 10.1 Å². The van der Waals surface area contributed by atoms with Crippen LogP contribution < -0.4 is 0 Å². The van der Waals surface area contributed by atoms with E-state index in [4.69, 9.17) is 0 Å². The molecular weight excluding hydrogens is 412 g/mol. The van der Waals surface area contributed by atoms with Crippen LogP contribution in [0.2, 0.25) is 0 Å². The monoisotopic (exact) mass is 434 g/mol. The predicted octanol–water partition coefficient (Wildman–Crippen LogP) is 5.68. The third-order valence-electron chi connectivity index (χ3n) is 4.25. The topological polar surface area (TPSA) is 57.2 Å². The van der Waals surface area contributed by atoms with E-state index >= 15 is 0 Å². The molecule has 0 aliphatic rings. The van der Waals surface area contributed by atoms with E-state index in [1.54, 1.807) is 12.1 Å². The highest BCUT2D eigenvalue weighted by Crippen LogP contribution is 2.30. The summed E-state index contributed by atoms with van der Waals surface area (Å²) >= 11 is 0. The summed E-state index contributed by atoms with van der Waals surface area (Å²) < 4.78 is 31.2. The van der Waals surface area contributed by atoms with Crippen LogP contribution in [0.15, 0.2) is 135 Å². The standard InChI is InChI=1S/C18H15S.C7H8O3S/c1-4-10-16(11-5-1)19(17-12-6-2-7-13-17)18-14-8-3-9-15-18;1-6-2-4-7(5-3-6)11(8,9)10/h1-15H;2-5H,1H3,(H,8,9,10)/q+1;/p-1. The molecule has 0 heterocycles. The summed E-state index contributed by atoms with van der Waals surface area (Å²) in [6.45, 7) is 1.82. The van der Waals surface area contributed by atoms with Gasteiger partial charge in [0.05, 0.1) is 15.8 Å². The van der Waals surface area contributed by atoms with Gasteiger partial charge in [-0.3, -0.25) is 0 Å². The SMILES string of the molecule is Cc1ccc(S(=O)(=O)[O-])cc1.c1ccc([S+](c2ccccc2)c2ccccc2)cc1. The average Bonchev–Trinajstić information content (AvgIpc) is 2.76. The maximum Gasteiger partial charge on any atom is 0.166 e. The van der Waals surface area contributed by atoms with Gasteiger partial charge in [-0.1, -0.05) is 72.3 Å². The largest absolute Gasteiger partial charge is 0.744 e. The van der Waals surface area contributed by atoms with Crippen molar-refractivity contribution < 1.29 is 13.0 Å². The lowest BCUT2D eigenvalue weighted by molar-refractivity contribution is 0.463. The molecule has 0 bridgehead atoms. The van der Waals surface area contributed by atoms with Crippen LogP contribution in [0, 0.1) is 6.92 Å². The first-order valence-corrected chi connectivity index (χ1v) is 12.0. The highest BCUT2D eigenvalue weighted by molar-refractivity contribution is 7.97. The van der Waals surface area contributed by atoms with Crippen molar-refractivity contribution in [2.75, 3.05) is 0 Å². The molecule has 0 unspecified atom stereocenters. The van der Waals surface area contributed by atoms with Crippen molar-refractivity contribution in [3.05, 3.63) is 121 Å². The highest BCUT2D eigenvalue weighted by atomic mass is 32.2. The molecule has 0 N–H and O–H groups in total. The van der Waals surface area contributed by atoms with Crippen LogP contribution in [0.5, 0.6) is 0 Å². The fraction of sp³-hybridized carbons (Fsp3) is 0.0400. The van der Waals surface area contributed by atoms with E-state index in [-0.39, 0.29) is 15.8 Å². The lowest BCUT2D eigenvalue weighted by Crippen LogP contribution is -2.04. The zero-order valence-corrected chi connectivity index (χ0v) is 18.1. The van der Waals surface area contributed by atoms with Crippen LogP contribution in [-0.4, -0.2) is 13.0 Å². The van der Waals surface area contributed by atoms with Crippen molar-refractivity contribution in [3.8, 4) is 0 Å². The fourth-order valence-electron chi connectivity index (χ4n) is 2.78. The molecule has 0 aliphatic carbocycles. The van der Waals surface area contributed by atoms with E-state index in [9.17, 15) is 13.0 Å². The van der Waals surface area contributed by atoms with E-state index in [1.807, 2.05) is 6.92 Å². The average molecular weight is 435 g/mol. The highest BCUT2D eigenvalue weighted by Gasteiger charge is 2.27. The minimum absolute atomic E-state index is 0.0146. The van der Waals surface area contributed by atoms with Crippen LogP contribution in [0.1, 0.15) is 5.56 Å². The van der Waals surface area contributed by atoms with Gasteiger partial charge in [-0.25, -0.2) is 8.42 Å². The fourth-order valence-corrected chi connectivity index (χ4v) is 5.36. The zero-order valence-electron chi connectivity index (χ0n) is 16.5. The third kappa shape index (κ3) is 6.07. The van der Waals surface area contributed by atoms with Crippen LogP contribution in [0.3, 0.4) is 0 Å². The van der Waals surface area contributed by atoms with Crippen molar-refractivity contribution in [2.24, 2.45) is 0 Å². The van der Waals surface area contributed by atoms with Crippen LogP contribution >= 0.6 is 0 Å². The molecule has 0 aromatic heterocycles. The Hall–Kier alpha value is -2.86. The molecule has 0 radical (unpaired) electrons. The number of hydrogen-bond donors (Lipinski definition) is 0. The molecule has 4 aromatic rings. The molecule has 152 valence electrons. The van der Waals surface area contributed by atoms with E-state index in [0.717, 1.165) is 5.56 Å². The van der Waals surface area contributed by atoms with Crippen molar-refractivity contribution in [3.63, 3.8) is 0 Å². The van der Waals surface area contributed by atoms with Gasteiger partial charge in [-0.2, -0.15) is 0 Å². The van der Waals surface area contributed by atoms with Crippen molar-refractivity contribution in [1.29, 1.82) is 0 Å². The van der Waals surface area contributed by atoms with Crippen LogP contribution in [0.25, 0.3) is 0 Å². The molecule has 5 heteroatoms. The predicted molar refractivity (Wildman–Crippen MR) is 121 cm³/mol. The quantitative estimate of drug-likeness (QED) is 0.307. The molecule has 0 fully saturated rings. The van der Waals surface area contributed by atoms with Gasteiger partial charge in [-0.15, -0.1) is 0 Å². The first-order valence-electron chi connectivity index (χ1n) is 9.37. The maximum atomic E-state index is 10.4. The van der Waals surface area contributed by atoms with Gasteiger partial charge < -0.3 is 4.55 Å². The Morgan fingerprint density at radius 3 is 1.20 bits per heavy atom. The Morgan fingerprint density at radius 1 is 0.567 bits per heavy atom. The zero-order chi connectivity index (χ0) is 21.4. The number of hydrogen-bond acceptors (Lipinski definition) is 3. The van der Waals surface area contributed by atoms with E-state index in [0.29, 0.717) is 0 Å². The molecule has 3 nitrogen and oxygen atoms in total. The van der Waals surface area contributed by atoms with Gasteiger partial charge in [0.15, 0.2) is 14.7 Å². The second-order valence-corrected chi connectivity index (χ2v) is 9.92. The van der Waals surface area contributed by atoms with Crippen molar-refractivity contribution in [1.82, 2.24) is 0 Å². The van der Waals surface area contributed by atoms with Crippen molar-refractivity contribution in [2.45, 2.75) is 26.5 Å². The summed E-state index contributed by atoms with van der Waals surface area (Å²) in [5.74, 6) is 0. The Morgan fingerprint density at radius 2 is 0.900 bits per heavy atom. The second kappa shape index (κ2) is 10.3. The Balaban J connectivity index is 0.000000199. The number of rotatable bonds is 4. The molecular formula is C25H22O3S2. The van der Waals surface area contributed by atoms with Gasteiger partial charge in [0.25, 0.3) is 0 Å². The summed E-state index contributed by atoms with van der Waals surface area (Å²) in [5.41, 5.74) is 0.928. The van der Waals surface area contributed by atoms with Crippen LogP contribution in [0.4, 0.5) is 0 Å². The summed E-state index contributed by atoms with van der Waals surface area (Å²) in [7, 11) is -4.28. The van der Waals surface area contributed by atoms with Crippen LogP contribution in [-0.2, 0) is 21.0 Å². The smallest absolute Gasteiger partial charge is 0.166 e. The molecule has 0 aliphatic heterocycles. The second-order valence-electron chi connectivity index (χ2n) is 6.51. The lowest BCUT2D eigenvalue weighted by atomic mass is 10.2. The molecule has 0 saturated heterocycles. The molecule has 0 atom stereocenters. The maximum absolute atomic E-state index is 10.4. The minimum Gasteiger partial charge on any atom is -0.744 e. The Labute approximate surface area is 181 Å². The molecule has 0 amide bonds. The summed E-state index contributed by atoms with van der Waals surface area (Å²) in [5, 5.41) is 0.